The molecule has 1 aliphatic rings. The maximum atomic E-state index is 12.7. The van der Waals surface area contributed by atoms with Crippen LogP contribution in [0.5, 0.6) is 0 Å². The molecule has 0 aromatic carbocycles. The van der Waals surface area contributed by atoms with Crippen molar-refractivity contribution in [3.63, 3.8) is 0 Å². The summed E-state index contributed by atoms with van der Waals surface area (Å²) >= 11 is 0. The number of hydrogen-bond donors (Lipinski definition) is 1. The third kappa shape index (κ3) is 8.19. The summed E-state index contributed by atoms with van der Waals surface area (Å²) in [7, 11) is -3.09. The molecule has 1 N–H and O–H groups in total. The fourth-order valence-electron chi connectivity index (χ4n) is 2.27. The van der Waals surface area contributed by atoms with E-state index < -0.39 is 22.1 Å². The molecule has 24 heavy (non-hydrogen) atoms. The van der Waals surface area contributed by atoms with Gasteiger partial charge in [0, 0.05) is 39.0 Å². The first kappa shape index (κ1) is 23.7. The number of nitrogens with zero attached hydrogens (tertiary/aromatic N) is 3. The summed E-state index contributed by atoms with van der Waals surface area (Å²) in [4.78, 5) is 7.52. The minimum absolute atomic E-state index is 0. The maximum absolute atomic E-state index is 12.7. The van der Waals surface area contributed by atoms with Gasteiger partial charge in [0.15, 0.2) is 5.96 Å². The zero-order valence-corrected chi connectivity index (χ0v) is 17.3. The number of halogens is 4. The normalized spacial score (nSPS) is 18.9. The van der Waals surface area contributed by atoms with Crippen molar-refractivity contribution in [3.8, 4) is 0 Å². The zero-order valence-electron chi connectivity index (χ0n) is 14.1. The van der Waals surface area contributed by atoms with Gasteiger partial charge in [-0.2, -0.15) is 13.2 Å². The summed E-state index contributed by atoms with van der Waals surface area (Å²) in [5.41, 5.74) is 0. The largest absolute Gasteiger partial charge is 0.403 e. The molecule has 0 amide bonds. The quantitative estimate of drug-likeness (QED) is 0.360. The highest BCUT2D eigenvalue weighted by Gasteiger charge is 2.41. The molecule has 144 valence electrons. The van der Waals surface area contributed by atoms with Crippen LogP contribution in [0.4, 0.5) is 13.2 Å². The highest BCUT2D eigenvalue weighted by molar-refractivity contribution is 14.0. The molecule has 1 saturated heterocycles. The van der Waals surface area contributed by atoms with Crippen LogP contribution in [-0.2, 0) is 9.84 Å². The van der Waals surface area contributed by atoms with E-state index in [-0.39, 0.29) is 49.4 Å². The molecule has 0 saturated carbocycles. The zero-order chi connectivity index (χ0) is 17.7. The highest BCUT2D eigenvalue weighted by atomic mass is 127. The Kier molecular flexibility index (Phi) is 9.87. The van der Waals surface area contributed by atoms with E-state index in [2.05, 4.69) is 10.3 Å². The lowest BCUT2D eigenvalue weighted by Crippen LogP contribution is -2.56. The van der Waals surface area contributed by atoms with E-state index in [9.17, 15) is 21.6 Å². The van der Waals surface area contributed by atoms with Gasteiger partial charge in [-0.25, -0.2) is 8.42 Å². The van der Waals surface area contributed by atoms with E-state index in [1.54, 1.807) is 0 Å². The smallest absolute Gasteiger partial charge is 0.357 e. The molecule has 1 heterocycles. The molecule has 1 atom stereocenters. The van der Waals surface area contributed by atoms with Crippen molar-refractivity contribution in [2.45, 2.75) is 26.1 Å². The van der Waals surface area contributed by atoms with Crippen LogP contribution in [0.2, 0.25) is 0 Å². The van der Waals surface area contributed by atoms with Gasteiger partial charge < -0.3 is 10.2 Å². The first-order valence-corrected chi connectivity index (χ1v) is 9.62. The summed E-state index contributed by atoms with van der Waals surface area (Å²) in [6.07, 6.45) is -3.08. The van der Waals surface area contributed by atoms with Gasteiger partial charge in [-0.05, 0) is 13.8 Å². The first-order valence-electron chi connectivity index (χ1n) is 7.56. The lowest BCUT2D eigenvalue weighted by Gasteiger charge is -2.39. The monoisotopic (exact) mass is 486 g/mol. The van der Waals surface area contributed by atoms with Gasteiger partial charge >= 0.3 is 6.18 Å². The van der Waals surface area contributed by atoms with Gasteiger partial charge in [-0.15, -0.1) is 24.0 Å². The number of guanidine groups is 1. The number of alkyl halides is 3. The van der Waals surface area contributed by atoms with E-state index in [0.717, 1.165) is 6.26 Å². The molecule has 0 aromatic heterocycles. The average Bonchev–Trinajstić information content (AvgIpc) is 2.43. The Hall–Kier alpha value is -0.300. The van der Waals surface area contributed by atoms with Crippen LogP contribution in [-0.4, -0.2) is 87.7 Å². The van der Waals surface area contributed by atoms with Crippen LogP contribution < -0.4 is 5.32 Å². The number of sulfone groups is 1. The van der Waals surface area contributed by atoms with Crippen molar-refractivity contribution >= 4 is 39.8 Å². The fourth-order valence-corrected chi connectivity index (χ4v) is 2.69. The van der Waals surface area contributed by atoms with E-state index in [1.165, 1.54) is 11.8 Å². The summed E-state index contributed by atoms with van der Waals surface area (Å²) in [5, 5.41) is 3.05. The molecule has 1 unspecified atom stereocenters. The Bertz CT molecular complexity index is 506. The molecular formula is C13H26F3IN4O2S. The molecule has 0 spiro atoms. The minimum atomic E-state index is -4.23. The van der Waals surface area contributed by atoms with Gasteiger partial charge in [0.05, 0.1) is 12.3 Å². The van der Waals surface area contributed by atoms with Crippen LogP contribution in [0, 0.1) is 0 Å². The number of nitrogens with one attached hydrogen (secondary N) is 1. The van der Waals surface area contributed by atoms with Crippen LogP contribution >= 0.6 is 24.0 Å². The van der Waals surface area contributed by atoms with Crippen molar-refractivity contribution < 1.29 is 21.6 Å². The van der Waals surface area contributed by atoms with Gasteiger partial charge in [0.1, 0.15) is 15.9 Å². The molecular weight excluding hydrogens is 460 g/mol. The summed E-state index contributed by atoms with van der Waals surface area (Å²) in [6, 6.07) is -1.46. The van der Waals surface area contributed by atoms with E-state index in [1.807, 2.05) is 11.8 Å². The SMILES string of the molecule is CCNC(=NCCS(C)(=O)=O)N1CCN(C(C)C(F)(F)F)CC1.I. The predicted octanol–water partition coefficient (Wildman–Crippen LogP) is 1.18. The Morgan fingerprint density at radius 1 is 1.25 bits per heavy atom. The summed E-state index contributed by atoms with van der Waals surface area (Å²) < 4.78 is 60.5. The number of aliphatic imine (C=N–C) groups is 1. The molecule has 1 fully saturated rings. The Balaban J connectivity index is 0.00000529. The summed E-state index contributed by atoms with van der Waals surface area (Å²) in [5.74, 6) is 0.503. The van der Waals surface area contributed by atoms with Crippen molar-refractivity contribution in [1.29, 1.82) is 0 Å². The molecule has 0 aliphatic carbocycles. The van der Waals surface area contributed by atoms with Gasteiger partial charge in [0.25, 0.3) is 0 Å². The minimum Gasteiger partial charge on any atom is -0.357 e. The van der Waals surface area contributed by atoms with E-state index >= 15 is 0 Å². The lowest BCUT2D eigenvalue weighted by atomic mass is 10.2. The second-order valence-electron chi connectivity index (χ2n) is 5.61. The van der Waals surface area contributed by atoms with E-state index in [0.29, 0.717) is 25.6 Å². The molecule has 0 bridgehead atoms. The summed E-state index contributed by atoms with van der Waals surface area (Å²) in [6.45, 7) is 5.22. The van der Waals surface area contributed by atoms with Crippen molar-refractivity contribution in [3.05, 3.63) is 0 Å². The van der Waals surface area contributed by atoms with Crippen LogP contribution in [0.3, 0.4) is 0 Å². The predicted molar refractivity (Wildman–Crippen MR) is 99.8 cm³/mol. The first-order chi connectivity index (χ1) is 10.5. The molecule has 0 radical (unpaired) electrons. The van der Waals surface area contributed by atoms with Crippen LogP contribution in [0.25, 0.3) is 0 Å². The second-order valence-corrected chi connectivity index (χ2v) is 7.87. The van der Waals surface area contributed by atoms with Gasteiger partial charge in [-0.1, -0.05) is 0 Å². The molecule has 6 nitrogen and oxygen atoms in total. The fraction of sp³-hybridized carbons (Fsp3) is 0.923. The third-order valence-corrected chi connectivity index (χ3v) is 4.62. The van der Waals surface area contributed by atoms with Crippen LogP contribution in [0.15, 0.2) is 4.99 Å². The Labute approximate surface area is 158 Å². The maximum Gasteiger partial charge on any atom is 0.403 e. The average molecular weight is 486 g/mol. The topological polar surface area (TPSA) is 65.0 Å². The van der Waals surface area contributed by atoms with Crippen molar-refractivity contribution in [1.82, 2.24) is 15.1 Å². The van der Waals surface area contributed by atoms with Gasteiger partial charge in [0.2, 0.25) is 0 Å². The van der Waals surface area contributed by atoms with E-state index in [4.69, 9.17) is 0 Å². The molecule has 1 rings (SSSR count). The number of rotatable bonds is 5. The van der Waals surface area contributed by atoms with Crippen molar-refractivity contribution in [2.24, 2.45) is 4.99 Å². The number of hydrogen-bond acceptors (Lipinski definition) is 4. The molecule has 0 aromatic rings. The molecule has 1 aliphatic heterocycles. The Morgan fingerprint density at radius 2 is 1.79 bits per heavy atom. The standard InChI is InChI=1S/C13H25F3N4O2S.HI/c1-4-17-12(18-5-10-23(3,21)22)20-8-6-19(7-9-20)11(2)13(14,15)16;/h11H,4-10H2,1-3H3,(H,17,18);1H. The van der Waals surface area contributed by atoms with Crippen molar-refractivity contribution in [2.75, 3.05) is 51.3 Å². The third-order valence-electron chi connectivity index (χ3n) is 3.69. The highest BCUT2D eigenvalue weighted by Crippen LogP contribution is 2.25. The lowest BCUT2D eigenvalue weighted by molar-refractivity contribution is -0.181. The Morgan fingerprint density at radius 3 is 2.21 bits per heavy atom. The number of piperazine rings is 1. The second kappa shape index (κ2) is 10.00. The van der Waals surface area contributed by atoms with Crippen LogP contribution in [0.1, 0.15) is 13.8 Å². The molecule has 11 heteroatoms. The van der Waals surface area contributed by atoms with Gasteiger partial charge in [-0.3, -0.25) is 9.89 Å².